The van der Waals surface area contributed by atoms with Gasteiger partial charge in [0.2, 0.25) is 0 Å². The van der Waals surface area contributed by atoms with Crippen molar-refractivity contribution in [3.63, 3.8) is 0 Å². The van der Waals surface area contributed by atoms with Gasteiger partial charge in [-0.3, -0.25) is 4.98 Å². The number of aromatic nitrogens is 2. The van der Waals surface area contributed by atoms with Crippen molar-refractivity contribution >= 4 is 5.97 Å². The van der Waals surface area contributed by atoms with E-state index in [-0.39, 0.29) is 5.69 Å². The minimum Gasteiger partial charge on any atom is -0.461 e. The molecule has 0 bridgehead atoms. The van der Waals surface area contributed by atoms with Crippen LogP contribution in [0.25, 0.3) is 11.5 Å². The summed E-state index contributed by atoms with van der Waals surface area (Å²) in [7, 11) is 0. The van der Waals surface area contributed by atoms with Crippen LogP contribution in [-0.4, -0.2) is 22.7 Å². The highest BCUT2D eigenvalue weighted by Crippen LogP contribution is 2.25. The van der Waals surface area contributed by atoms with Crippen LogP contribution in [-0.2, 0) is 11.2 Å². The molecule has 0 saturated carbocycles. The molecule has 0 atom stereocenters. The normalized spacial score (nSPS) is 10.3. The van der Waals surface area contributed by atoms with Crippen molar-refractivity contribution in [2.24, 2.45) is 0 Å². The summed E-state index contributed by atoms with van der Waals surface area (Å²) in [5.41, 5.74) is 1.63. The zero-order chi connectivity index (χ0) is 13.0. The lowest BCUT2D eigenvalue weighted by Crippen LogP contribution is -2.07. The van der Waals surface area contributed by atoms with E-state index in [4.69, 9.17) is 9.26 Å². The maximum absolute atomic E-state index is 11.7. The fourth-order valence-corrected chi connectivity index (χ4v) is 1.70. The van der Waals surface area contributed by atoms with Gasteiger partial charge in [-0.1, -0.05) is 18.1 Å². The average molecular weight is 246 g/mol. The number of pyridine rings is 1. The minimum atomic E-state index is -0.458. The van der Waals surface area contributed by atoms with Crippen LogP contribution in [0.3, 0.4) is 0 Å². The molecular formula is C13H14N2O3. The highest BCUT2D eigenvalue weighted by atomic mass is 16.5. The predicted molar refractivity (Wildman–Crippen MR) is 65.1 cm³/mol. The SMILES string of the molecule is CCOC(=O)c1noc(-c2ccccn2)c1CC. The van der Waals surface area contributed by atoms with Crippen LogP contribution >= 0.6 is 0 Å². The Morgan fingerprint density at radius 3 is 2.83 bits per heavy atom. The molecule has 5 nitrogen and oxygen atoms in total. The third-order valence-corrected chi connectivity index (χ3v) is 2.51. The molecule has 2 heterocycles. The highest BCUT2D eigenvalue weighted by molar-refractivity contribution is 5.90. The molecule has 18 heavy (non-hydrogen) atoms. The van der Waals surface area contributed by atoms with E-state index < -0.39 is 5.97 Å². The second-order valence-corrected chi connectivity index (χ2v) is 3.63. The van der Waals surface area contributed by atoms with Crippen molar-refractivity contribution in [1.82, 2.24) is 10.1 Å². The van der Waals surface area contributed by atoms with Crippen LogP contribution in [0.15, 0.2) is 28.9 Å². The van der Waals surface area contributed by atoms with E-state index in [0.29, 0.717) is 24.5 Å². The maximum atomic E-state index is 11.7. The largest absolute Gasteiger partial charge is 0.461 e. The average Bonchev–Trinajstić information content (AvgIpc) is 2.83. The monoisotopic (exact) mass is 246 g/mol. The fraction of sp³-hybridized carbons (Fsp3) is 0.308. The van der Waals surface area contributed by atoms with Crippen LogP contribution < -0.4 is 0 Å². The Labute approximate surface area is 105 Å². The third kappa shape index (κ3) is 2.25. The van der Waals surface area contributed by atoms with E-state index in [9.17, 15) is 4.79 Å². The van der Waals surface area contributed by atoms with Gasteiger partial charge in [0.1, 0.15) is 5.69 Å². The Morgan fingerprint density at radius 2 is 2.22 bits per heavy atom. The number of hydrogen-bond donors (Lipinski definition) is 0. The lowest BCUT2D eigenvalue weighted by Gasteiger charge is -2.00. The van der Waals surface area contributed by atoms with E-state index in [2.05, 4.69) is 10.1 Å². The topological polar surface area (TPSA) is 65.2 Å². The van der Waals surface area contributed by atoms with E-state index in [1.165, 1.54) is 0 Å². The smallest absolute Gasteiger partial charge is 0.360 e. The molecule has 0 saturated heterocycles. The molecule has 0 aliphatic rings. The summed E-state index contributed by atoms with van der Waals surface area (Å²) in [5, 5.41) is 3.79. The van der Waals surface area contributed by atoms with Gasteiger partial charge in [-0.25, -0.2) is 4.79 Å². The Bertz CT molecular complexity index is 534. The van der Waals surface area contributed by atoms with Gasteiger partial charge in [-0.2, -0.15) is 0 Å². The summed E-state index contributed by atoms with van der Waals surface area (Å²) in [6, 6.07) is 5.49. The van der Waals surface area contributed by atoms with Crippen molar-refractivity contribution in [3.05, 3.63) is 35.7 Å². The fourth-order valence-electron chi connectivity index (χ4n) is 1.70. The molecule has 2 aromatic rings. The molecule has 0 unspecified atom stereocenters. The quantitative estimate of drug-likeness (QED) is 0.775. The molecule has 5 heteroatoms. The molecule has 2 aromatic heterocycles. The molecule has 0 aliphatic heterocycles. The number of esters is 1. The Kier molecular flexibility index (Phi) is 3.72. The second kappa shape index (κ2) is 5.44. The van der Waals surface area contributed by atoms with Crippen molar-refractivity contribution in [3.8, 4) is 11.5 Å². The Balaban J connectivity index is 2.42. The van der Waals surface area contributed by atoms with Crippen molar-refractivity contribution in [2.75, 3.05) is 6.61 Å². The lowest BCUT2D eigenvalue weighted by molar-refractivity contribution is 0.0513. The van der Waals surface area contributed by atoms with E-state index in [1.54, 1.807) is 13.1 Å². The van der Waals surface area contributed by atoms with Gasteiger partial charge < -0.3 is 9.26 Å². The second-order valence-electron chi connectivity index (χ2n) is 3.63. The van der Waals surface area contributed by atoms with Crippen LogP contribution in [0.1, 0.15) is 29.9 Å². The third-order valence-electron chi connectivity index (χ3n) is 2.51. The maximum Gasteiger partial charge on any atom is 0.360 e. The summed E-state index contributed by atoms with van der Waals surface area (Å²) in [4.78, 5) is 15.9. The van der Waals surface area contributed by atoms with E-state index in [1.807, 2.05) is 25.1 Å². The van der Waals surface area contributed by atoms with Gasteiger partial charge in [0.15, 0.2) is 11.5 Å². The molecular weight excluding hydrogens is 232 g/mol. The molecule has 0 aromatic carbocycles. The number of ether oxygens (including phenoxy) is 1. The summed E-state index contributed by atoms with van der Waals surface area (Å²) < 4.78 is 10.2. The van der Waals surface area contributed by atoms with E-state index in [0.717, 1.165) is 5.56 Å². The van der Waals surface area contributed by atoms with Crippen molar-refractivity contribution in [2.45, 2.75) is 20.3 Å². The Hall–Kier alpha value is -2.17. The van der Waals surface area contributed by atoms with Gasteiger partial charge in [-0.05, 0) is 25.5 Å². The first-order chi connectivity index (χ1) is 8.77. The number of carbonyl (C=O) groups excluding carboxylic acids is 1. The minimum absolute atomic E-state index is 0.236. The highest BCUT2D eigenvalue weighted by Gasteiger charge is 2.22. The lowest BCUT2D eigenvalue weighted by atomic mass is 10.1. The zero-order valence-corrected chi connectivity index (χ0v) is 10.3. The van der Waals surface area contributed by atoms with Crippen LogP contribution in [0.2, 0.25) is 0 Å². The van der Waals surface area contributed by atoms with Crippen LogP contribution in [0.5, 0.6) is 0 Å². The Morgan fingerprint density at radius 1 is 1.39 bits per heavy atom. The number of nitrogens with zero attached hydrogens (tertiary/aromatic N) is 2. The summed E-state index contributed by atoms with van der Waals surface area (Å²) >= 11 is 0. The van der Waals surface area contributed by atoms with Gasteiger partial charge in [0.25, 0.3) is 0 Å². The van der Waals surface area contributed by atoms with Gasteiger partial charge >= 0.3 is 5.97 Å². The molecule has 0 N–H and O–H groups in total. The molecule has 0 radical (unpaired) electrons. The van der Waals surface area contributed by atoms with Gasteiger partial charge in [-0.15, -0.1) is 0 Å². The number of carbonyl (C=O) groups is 1. The van der Waals surface area contributed by atoms with Crippen molar-refractivity contribution in [1.29, 1.82) is 0 Å². The molecule has 0 fully saturated rings. The standard InChI is InChI=1S/C13H14N2O3/c1-3-9-11(13(16)17-4-2)15-18-12(9)10-7-5-6-8-14-10/h5-8H,3-4H2,1-2H3. The first-order valence-corrected chi connectivity index (χ1v) is 5.85. The van der Waals surface area contributed by atoms with Crippen LogP contribution in [0, 0.1) is 0 Å². The first kappa shape index (κ1) is 12.3. The number of rotatable bonds is 4. The van der Waals surface area contributed by atoms with Crippen molar-refractivity contribution < 1.29 is 14.1 Å². The zero-order valence-electron chi connectivity index (χ0n) is 10.3. The molecule has 94 valence electrons. The van der Waals surface area contributed by atoms with Crippen LogP contribution in [0.4, 0.5) is 0 Å². The van der Waals surface area contributed by atoms with Gasteiger partial charge in [0, 0.05) is 11.8 Å². The number of hydrogen-bond acceptors (Lipinski definition) is 5. The summed E-state index contributed by atoms with van der Waals surface area (Å²) in [5.74, 6) is 0.0708. The summed E-state index contributed by atoms with van der Waals surface area (Å²) in [6.45, 7) is 4.00. The van der Waals surface area contributed by atoms with E-state index >= 15 is 0 Å². The molecule has 0 spiro atoms. The molecule has 0 aliphatic carbocycles. The molecule has 2 rings (SSSR count). The first-order valence-electron chi connectivity index (χ1n) is 5.85. The summed E-state index contributed by atoms with van der Waals surface area (Å²) in [6.07, 6.45) is 2.30. The molecule has 0 amide bonds. The van der Waals surface area contributed by atoms with Gasteiger partial charge in [0.05, 0.1) is 6.61 Å². The predicted octanol–water partition coefficient (Wildman–Crippen LogP) is 2.48.